The van der Waals surface area contributed by atoms with Crippen molar-refractivity contribution in [2.75, 3.05) is 0 Å². The van der Waals surface area contributed by atoms with Gasteiger partial charge in [0.1, 0.15) is 11.3 Å². The zero-order valence-corrected chi connectivity index (χ0v) is 19.9. The lowest BCUT2D eigenvalue weighted by Crippen LogP contribution is -2.10. The van der Waals surface area contributed by atoms with Crippen molar-refractivity contribution < 1.29 is 13.9 Å². The van der Waals surface area contributed by atoms with Crippen LogP contribution >= 0.6 is 0 Å². The van der Waals surface area contributed by atoms with Gasteiger partial charge < -0.3 is 9.15 Å². The molecule has 0 aliphatic rings. The van der Waals surface area contributed by atoms with Crippen LogP contribution in [0.2, 0.25) is 0 Å². The second kappa shape index (κ2) is 15.4. The van der Waals surface area contributed by atoms with Crippen LogP contribution in [0, 0.1) is 5.92 Å². The Labute approximate surface area is 193 Å². The van der Waals surface area contributed by atoms with Crippen LogP contribution in [-0.4, -0.2) is 5.97 Å². The summed E-state index contributed by atoms with van der Waals surface area (Å²) in [5, 5.41) is 0.801. The molecule has 0 aliphatic heterocycles. The molecule has 0 amide bonds. The lowest BCUT2D eigenvalue weighted by Gasteiger charge is -2.10. The summed E-state index contributed by atoms with van der Waals surface area (Å²) in [6.45, 7) is 4.46. The van der Waals surface area contributed by atoms with E-state index in [4.69, 9.17) is 9.15 Å². The van der Waals surface area contributed by atoms with Crippen LogP contribution in [0.1, 0.15) is 97.3 Å². The molecule has 0 aliphatic carbocycles. The largest absolute Gasteiger partial charge is 0.426 e. The maximum Gasteiger partial charge on any atom is 0.336 e. The van der Waals surface area contributed by atoms with E-state index < -0.39 is 5.63 Å². The third kappa shape index (κ3) is 10.8. The van der Waals surface area contributed by atoms with E-state index in [1.165, 1.54) is 63.9 Å². The molecule has 0 saturated heterocycles. The summed E-state index contributed by atoms with van der Waals surface area (Å²) in [4.78, 5) is 23.5. The first-order valence-electron chi connectivity index (χ1n) is 12.5. The predicted octanol–water partition coefficient (Wildman–Crippen LogP) is 7.98. The molecule has 0 radical (unpaired) electrons. The van der Waals surface area contributed by atoms with Crippen LogP contribution in [-0.2, 0) is 4.79 Å². The van der Waals surface area contributed by atoms with E-state index in [2.05, 4.69) is 26.0 Å². The van der Waals surface area contributed by atoms with E-state index in [-0.39, 0.29) is 5.97 Å². The number of rotatable bonds is 16. The minimum Gasteiger partial charge on any atom is -0.426 e. The maximum absolute atomic E-state index is 12.2. The summed E-state index contributed by atoms with van der Waals surface area (Å²) >= 11 is 0. The van der Waals surface area contributed by atoms with Gasteiger partial charge in [-0.25, -0.2) is 4.79 Å². The smallest absolute Gasteiger partial charge is 0.336 e. The number of benzene rings is 1. The monoisotopic (exact) mass is 440 g/mol. The molecule has 0 bridgehead atoms. The Kier molecular flexibility index (Phi) is 12.5. The number of hydrogen-bond acceptors (Lipinski definition) is 4. The van der Waals surface area contributed by atoms with Gasteiger partial charge in [-0.2, -0.15) is 0 Å². The van der Waals surface area contributed by atoms with Gasteiger partial charge in [-0.15, -0.1) is 0 Å². The summed E-state index contributed by atoms with van der Waals surface area (Å²) in [5.74, 6) is 0.675. The lowest BCUT2D eigenvalue weighted by molar-refractivity contribution is -0.134. The second-order valence-corrected chi connectivity index (χ2v) is 8.88. The van der Waals surface area contributed by atoms with Crippen molar-refractivity contribution in [1.82, 2.24) is 0 Å². The predicted molar refractivity (Wildman–Crippen MR) is 132 cm³/mol. The van der Waals surface area contributed by atoms with E-state index in [1.54, 1.807) is 24.3 Å². The standard InChI is InChI=1S/C28H40O4/c1-3-4-5-6-7-8-9-10-11-12-13-14-15-23(2)16-20-27(29)31-25-19-17-24-18-21-28(30)32-26(24)22-25/h10-11,17-19,21-23H,3-9,12-16,20H2,1-2H3/b11-10-. The molecule has 32 heavy (non-hydrogen) atoms. The zero-order chi connectivity index (χ0) is 23.0. The van der Waals surface area contributed by atoms with Gasteiger partial charge in [-0.3, -0.25) is 4.79 Å². The molecule has 2 aromatic rings. The summed E-state index contributed by atoms with van der Waals surface area (Å²) in [7, 11) is 0. The van der Waals surface area contributed by atoms with Gasteiger partial charge in [0, 0.05) is 23.9 Å². The first kappa shape index (κ1) is 25.9. The van der Waals surface area contributed by atoms with Gasteiger partial charge in [0.05, 0.1) is 0 Å². The minimum atomic E-state index is -0.414. The highest BCUT2D eigenvalue weighted by atomic mass is 16.5. The number of unbranched alkanes of at least 4 members (excludes halogenated alkanes) is 8. The van der Waals surface area contributed by atoms with Crippen LogP contribution in [0.15, 0.2) is 51.7 Å². The third-order valence-corrected chi connectivity index (χ3v) is 5.88. The fourth-order valence-electron chi connectivity index (χ4n) is 3.83. The molecule has 1 atom stereocenters. The number of hydrogen-bond donors (Lipinski definition) is 0. The van der Waals surface area contributed by atoms with E-state index in [9.17, 15) is 9.59 Å². The Morgan fingerprint density at radius 3 is 2.41 bits per heavy atom. The molecule has 1 heterocycles. The molecule has 4 heteroatoms. The van der Waals surface area contributed by atoms with Crippen LogP contribution < -0.4 is 10.4 Å². The molecule has 176 valence electrons. The van der Waals surface area contributed by atoms with Crippen molar-refractivity contribution >= 4 is 16.9 Å². The quantitative estimate of drug-likeness (QED) is 0.0872. The number of fused-ring (bicyclic) bond motifs is 1. The fourth-order valence-corrected chi connectivity index (χ4v) is 3.83. The summed E-state index contributed by atoms with van der Waals surface area (Å²) in [5.41, 5.74) is 0.0142. The van der Waals surface area contributed by atoms with E-state index in [0.717, 1.165) is 24.6 Å². The van der Waals surface area contributed by atoms with Crippen molar-refractivity contribution in [2.45, 2.75) is 97.3 Å². The number of carbonyl (C=O) groups excluding carboxylic acids is 1. The number of allylic oxidation sites excluding steroid dienone is 2. The van der Waals surface area contributed by atoms with Crippen molar-refractivity contribution in [3.8, 4) is 5.75 Å². The van der Waals surface area contributed by atoms with E-state index >= 15 is 0 Å². The van der Waals surface area contributed by atoms with Crippen molar-refractivity contribution in [3.05, 3.63) is 52.9 Å². The van der Waals surface area contributed by atoms with Gasteiger partial charge >= 0.3 is 11.6 Å². The number of carbonyl (C=O) groups is 1. The molecule has 2 rings (SSSR count). The molecular formula is C28H40O4. The van der Waals surface area contributed by atoms with Gasteiger partial charge in [0.2, 0.25) is 0 Å². The summed E-state index contributed by atoms with van der Waals surface area (Å²) in [6, 6.07) is 8.18. The zero-order valence-electron chi connectivity index (χ0n) is 19.9. The second-order valence-electron chi connectivity index (χ2n) is 8.88. The summed E-state index contributed by atoms with van der Waals surface area (Å²) in [6.07, 6.45) is 20.0. The highest BCUT2D eigenvalue weighted by Gasteiger charge is 2.10. The molecular weight excluding hydrogens is 400 g/mol. The molecule has 0 fully saturated rings. The highest BCUT2D eigenvalue weighted by molar-refractivity contribution is 5.79. The van der Waals surface area contributed by atoms with Gasteiger partial charge in [0.25, 0.3) is 0 Å². The van der Waals surface area contributed by atoms with Gasteiger partial charge in [-0.05, 0) is 56.2 Å². The van der Waals surface area contributed by atoms with Gasteiger partial charge in [0.15, 0.2) is 0 Å². The van der Waals surface area contributed by atoms with E-state index in [1.807, 2.05) is 0 Å². The Hall–Kier alpha value is -2.36. The number of esters is 1. The van der Waals surface area contributed by atoms with E-state index in [0.29, 0.717) is 23.7 Å². The fraction of sp³-hybridized carbons (Fsp3) is 0.571. The molecule has 1 aromatic heterocycles. The first-order valence-corrected chi connectivity index (χ1v) is 12.5. The van der Waals surface area contributed by atoms with Gasteiger partial charge in [-0.1, -0.05) is 70.9 Å². The molecule has 0 spiro atoms. The minimum absolute atomic E-state index is 0.243. The molecule has 0 saturated carbocycles. The van der Waals surface area contributed by atoms with Crippen molar-refractivity contribution in [2.24, 2.45) is 5.92 Å². The van der Waals surface area contributed by atoms with Crippen LogP contribution in [0.5, 0.6) is 5.75 Å². The first-order chi connectivity index (χ1) is 15.6. The Morgan fingerprint density at radius 1 is 0.938 bits per heavy atom. The van der Waals surface area contributed by atoms with Crippen LogP contribution in [0.4, 0.5) is 0 Å². The topological polar surface area (TPSA) is 56.5 Å². The maximum atomic E-state index is 12.2. The average Bonchev–Trinajstić information content (AvgIpc) is 2.78. The van der Waals surface area contributed by atoms with Crippen molar-refractivity contribution in [3.63, 3.8) is 0 Å². The molecule has 4 nitrogen and oxygen atoms in total. The summed E-state index contributed by atoms with van der Waals surface area (Å²) < 4.78 is 10.6. The Bertz CT molecular complexity index is 880. The normalized spacial score (nSPS) is 12.4. The SMILES string of the molecule is CCCCCCCC/C=C\CCCCC(C)CCC(=O)Oc1ccc2ccc(=O)oc2c1. The Morgan fingerprint density at radius 2 is 1.62 bits per heavy atom. The average molecular weight is 441 g/mol. The number of ether oxygens (including phenoxy) is 1. The molecule has 1 unspecified atom stereocenters. The van der Waals surface area contributed by atoms with Crippen molar-refractivity contribution in [1.29, 1.82) is 0 Å². The lowest BCUT2D eigenvalue weighted by atomic mass is 9.98. The third-order valence-electron chi connectivity index (χ3n) is 5.88. The molecule has 0 N–H and O–H groups in total. The van der Waals surface area contributed by atoms with Crippen LogP contribution in [0.25, 0.3) is 11.0 Å². The highest BCUT2D eigenvalue weighted by Crippen LogP contribution is 2.21. The van der Waals surface area contributed by atoms with Crippen LogP contribution in [0.3, 0.4) is 0 Å². The molecule has 1 aromatic carbocycles. The Balaban J connectivity index is 1.52.